The van der Waals surface area contributed by atoms with Gasteiger partial charge in [0.2, 0.25) is 5.82 Å². The van der Waals surface area contributed by atoms with Gasteiger partial charge in [-0.1, -0.05) is 0 Å². The minimum absolute atomic E-state index is 0.227. The minimum atomic E-state index is -1.44. The lowest BCUT2D eigenvalue weighted by Gasteiger charge is -2.30. The van der Waals surface area contributed by atoms with Crippen LogP contribution in [0.2, 0.25) is 0 Å². The fourth-order valence-corrected chi connectivity index (χ4v) is 2.43. The van der Waals surface area contributed by atoms with E-state index in [1.165, 1.54) is 0 Å². The SMILES string of the molecule is CN1CCCC(NC(=O)c2c(F)ccc([N+](=O)[O-])c2F)C1. The number of benzene rings is 1. The van der Waals surface area contributed by atoms with Crippen LogP contribution in [-0.4, -0.2) is 41.9 Å². The standard InChI is InChI=1S/C13H15F2N3O3/c1-17-6-2-3-8(7-17)16-13(19)11-9(14)4-5-10(12(11)15)18(20)21/h4-5,8H,2-3,6-7H2,1H3,(H,16,19). The molecule has 1 aliphatic rings. The normalized spacial score (nSPS) is 19.3. The second-order valence-corrected chi connectivity index (χ2v) is 5.09. The van der Waals surface area contributed by atoms with Gasteiger partial charge in [0.15, 0.2) is 0 Å². The Morgan fingerprint density at radius 1 is 1.48 bits per heavy atom. The lowest BCUT2D eigenvalue weighted by Crippen LogP contribution is -2.46. The molecule has 0 radical (unpaired) electrons. The highest BCUT2D eigenvalue weighted by Gasteiger charge is 2.28. The van der Waals surface area contributed by atoms with Crippen molar-refractivity contribution in [3.63, 3.8) is 0 Å². The summed E-state index contributed by atoms with van der Waals surface area (Å²) in [5, 5.41) is 13.2. The van der Waals surface area contributed by atoms with Crippen LogP contribution in [0.4, 0.5) is 14.5 Å². The number of nitrogens with one attached hydrogen (secondary N) is 1. The van der Waals surface area contributed by atoms with Gasteiger partial charge in [-0.2, -0.15) is 4.39 Å². The zero-order valence-electron chi connectivity index (χ0n) is 11.4. The van der Waals surface area contributed by atoms with Crippen LogP contribution in [0, 0.1) is 21.7 Å². The molecule has 0 spiro atoms. The summed E-state index contributed by atoms with van der Waals surface area (Å²) in [5.74, 6) is -3.52. The molecule has 0 saturated carbocycles. The predicted octanol–water partition coefficient (Wildman–Crippen LogP) is 1.70. The monoisotopic (exact) mass is 299 g/mol. The van der Waals surface area contributed by atoms with Gasteiger partial charge in [-0.05, 0) is 32.5 Å². The highest BCUT2D eigenvalue weighted by molar-refractivity contribution is 5.95. The van der Waals surface area contributed by atoms with Gasteiger partial charge in [-0.15, -0.1) is 0 Å². The lowest BCUT2D eigenvalue weighted by molar-refractivity contribution is -0.387. The Labute approximate surface area is 119 Å². The largest absolute Gasteiger partial charge is 0.348 e. The van der Waals surface area contributed by atoms with Crippen molar-refractivity contribution >= 4 is 11.6 Å². The number of carbonyl (C=O) groups excluding carboxylic acids is 1. The number of nitro benzene ring substituents is 1. The van der Waals surface area contributed by atoms with E-state index in [4.69, 9.17) is 0 Å². The molecule has 1 fully saturated rings. The van der Waals surface area contributed by atoms with Gasteiger partial charge >= 0.3 is 5.69 Å². The van der Waals surface area contributed by atoms with Gasteiger partial charge in [0.1, 0.15) is 11.4 Å². The van der Waals surface area contributed by atoms with Crippen LogP contribution in [0.25, 0.3) is 0 Å². The number of nitro groups is 1. The third kappa shape index (κ3) is 3.33. The number of likely N-dealkylation sites (tertiary alicyclic amines) is 1. The van der Waals surface area contributed by atoms with Gasteiger partial charge in [-0.25, -0.2) is 4.39 Å². The number of hydrogen-bond donors (Lipinski definition) is 1. The molecule has 1 heterocycles. The smallest absolute Gasteiger partial charge is 0.305 e. The number of likely N-dealkylation sites (N-methyl/N-ethyl adjacent to an activating group) is 1. The van der Waals surface area contributed by atoms with Crippen LogP contribution < -0.4 is 5.32 Å². The fourth-order valence-electron chi connectivity index (χ4n) is 2.43. The number of amides is 1. The first kappa shape index (κ1) is 15.3. The van der Waals surface area contributed by atoms with Crippen LogP contribution in [-0.2, 0) is 0 Å². The summed E-state index contributed by atoms with van der Waals surface area (Å²) in [6.07, 6.45) is 1.57. The van der Waals surface area contributed by atoms with Crippen LogP contribution in [0.1, 0.15) is 23.2 Å². The molecule has 8 heteroatoms. The second kappa shape index (κ2) is 6.13. The summed E-state index contributed by atoms with van der Waals surface area (Å²) in [4.78, 5) is 23.7. The van der Waals surface area contributed by atoms with Gasteiger partial charge in [0.05, 0.1) is 4.92 Å². The third-order valence-corrected chi connectivity index (χ3v) is 3.45. The molecule has 0 aromatic heterocycles. The van der Waals surface area contributed by atoms with E-state index in [0.29, 0.717) is 19.0 Å². The van der Waals surface area contributed by atoms with Crippen molar-refractivity contribution in [1.82, 2.24) is 10.2 Å². The van der Waals surface area contributed by atoms with Crippen molar-refractivity contribution in [3.8, 4) is 0 Å². The third-order valence-electron chi connectivity index (χ3n) is 3.45. The van der Waals surface area contributed by atoms with Crippen molar-refractivity contribution in [2.24, 2.45) is 0 Å². The highest BCUT2D eigenvalue weighted by Crippen LogP contribution is 2.23. The number of nitrogens with zero attached hydrogens (tertiary/aromatic N) is 2. The Bertz CT molecular complexity index is 580. The molecule has 1 aromatic rings. The lowest BCUT2D eigenvalue weighted by atomic mass is 10.1. The summed E-state index contributed by atoms with van der Waals surface area (Å²) in [5.41, 5.74) is -1.82. The van der Waals surface area contributed by atoms with Crippen molar-refractivity contribution in [2.75, 3.05) is 20.1 Å². The molecule has 6 nitrogen and oxygen atoms in total. The van der Waals surface area contributed by atoms with E-state index in [1.54, 1.807) is 0 Å². The first-order valence-corrected chi connectivity index (χ1v) is 6.52. The van der Waals surface area contributed by atoms with Crippen LogP contribution in [0.3, 0.4) is 0 Å². The average Bonchev–Trinajstić information content (AvgIpc) is 2.38. The molecule has 0 bridgehead atoms. The van der Waals surface area contributed by atoms with Crippen LogP contribution >= 0.6 is 0 Å². The van der Waals surface area contributed by atoms with Crippen molar-refractivity contribution in [3.05, 3.63) is 39.4 Å². The van der Waals surface area contributed by atoms with Gasteiger partial charge < -0.3 is 10.2 Å². The molecule has 1 saturated heterocycles. The Morgan fingerprint density at radius 3 is 2.81 bits per heavy atom. The van der Waals surface area contributed by atoms with E-state index >= 15 is 0 Å². The molecule has 1 amide bonds. The van der Waals surface area contributed by atoms with E-state index in [0.717, 1.165) is 19.0 Å². The van der Waals surface area contributed by atoms with Crippen LogP contribution in [0.5, 0.6) is 0 Å². The maximum Gasteiger partial charge on any atom is 0.305 e. The number of rotatable bonds is 3. The van der Waals surface area contributed by atoms with E-state index in [9.17, 15) is 23.7 Å². The zero-order valence-corrected chi connectivity index (χ0v) is 11.4. The predicted molar refractivity (Wildman–Crippen MR) is 71.0 cm³/mol. The average molecular weight is 299 g/mol. The molecular formula is C13H15F2N3O3. The van der Waals surface area contributed by atoms with Gasteiger partial charge in [0, 0.05) is 18.7 Å². The second-order valence-electron chi connectivity index (χ2n) is 5.09. The molecule has 1 aromatic carbocycles. The minimum Gasteiger partial charge on any atom is -0.348 e. The molecule has 0 aliphatic carbocycles. The maximum atomic E-state index is 13.9. The zero-order chi connectivity index (χ0) is 15.6. The Balaban J connectivity index is 2.22. The van der Waals surface area contributed by atoms with Crippen molar-refractivity contribution in [2.45, 2.75) is 18.9 Å². The first-order chi connectivity index (χ1) is 9.90. The number of hydrogen-bond acceptors (Lipinski definition) is 4. The van der Waals surface area contributed by atoms with Gasteiger partial charge in [0.25, 0.3) is 5.91 Å². The molecule has 1 atom stereocenters. The molecule has 2 rings (SSSR count). The van der Waals surface area contributed by atoms with E-state index in [-0.39, 0.29) is 6.04 Å². The Kier molecular flexibility index (Phi) is 4.46. The highest BCUT2D eigenvalue weighted by atomic mass is 19.1. The van der Waals surface area contributed by atoms with E-state index < -0.39 is 33.7 Å². The summed E-state index contributed by atoms with van der Waals surface area (Å²) >= 11 is 0. The Morgan fingerprint density at radius 2 is 2.19 bits per heavy atom. The number of halogens is 2. The maximum absolute atomic E-state index is 13.9. The van der Waals surface area contributed by atoms with Crippen molar-refractivity contribution < 1.29 is 18.5 Å². The van der Waals surface area contributed by atoms with E-state index in [1.807, 2.05) is 11.9 Å². The first-order valence-electron chi connectivity index (χ1n) is 6.52. The summed E-state index contributed by atoms with van der Waals surface area (Å²) in [6, 6.07) is 1.20. The summed E-state index contributed by atoms with van der Waals surface area (Å²) in [6.45, 7) is 1.47. The van der Waals surface area contributed by atoms with Gasteiger partial charge in [-0.3, -0.25) is 14.9 Å². The topological polar surface area (TPSA) is 75.5 Å². The summed E-state index contributed by atoms with van der Waals surface area (Å²) < 4.78 is 27.6. The van der Waals surface area contributed by atoms with E-state index in [2.05, 4.69) is 5.32 Å². The molecule has 21 heavy (non-hydrogen) atoms. The molecule has 1 unspecified atom stereocenters. The quantitative estimate of drug-likeness (QED) is 0.681. The van der Waals surface area contributed by atoms with Crippen LogP contribution in [0.15, 0.2) is 12.1 Å². The Hall–Kier alpha value is -2.09. The molecule has 1 N–H and O–H groups in total. The number of carbonyl (C=O) groups is 1. The molecular weight excluding hydrogens is 284 g/mol. The van der Waals surface area contributed by atoms with Crippen molar-refractivity contribution in [1.29, 1.82) is 0 Å². The fraction of sp³-hybridized carbons (Fsp3) is 0.462. The number of piperidine rings is 1. The molecule has 114 valence electrons. The summed E-state index contributed by atoms with van der Waals surface area (Å²) in [7, 11) is 1.88. The molecule has 1 aliphatic heterocycles.